The van der Waals surface area contributed by atoms with Crippen LogP contribution in [-0.2, 0) is 5.41 Å². The second kappa shape index (κ2) is 5.72. The first-order chi connectivity index (χ1) is 12.2. The SMILES string of the molecule is CC1CCC2=C(C1(C)c1ccccc1)C(C)(C)C(C)(C)C2C1=CC=CC1. The van der Waals surface area contributed by atoms with Crippen molar-refractivity contribution in [3.8, 4) is 0 Å². The Morgan fingerprint density at radius 1 is 0.962 bits per heavy atom. The lowest BCUT2D eigenvalue weighted by molar-refractivity contribution is 0.120. The molecule has 0 N–H and O–H groups in total. The van der Waals surface area contributed by atoms with Gasteiger partial charge in [0.25, 0.3) is 0 Å². The molecule has 3 unspecified atom stereocenters. The summed E-state index contributed by atoms with van der Waals surface area (Å²) < 4.78 is 0. The Balaban J connectivity index is 1.96. The van der Waals surface area contributed by atoms with Crippen molar-refractivity contribution in [1.29, 1.82) is 0 Å². The van der Waals surface area contributed by atoms with E-state index in [9.17, 15) is 0 Å². The van der Waals surface area contributed by atoms with Crippen molar-refractivity contribution in [2.45, 2.75) is 66.2 Å². The van der Waals surface area contributed by atoms with Gasteiger partial charge in [0.15, 0.2) is 0 Å². The Labute approximate surface area is 160 Å². The molecule has 0 spiro atoms. The number of hydrogen-bond acceptors (Lipinski definition) is 0. The molecule has 0 bridgehead atoms. The second-order valence-corrected chi connectivity index (χ2v) is 10.1. The van der Waals surface area contributed by atoms with Crippen molar-refractivity contribution < 1.29 is 0 Å². The van der Waals surface area contributed by atoms with Crippen molar-refractivity contribution in [3.05, 3.63) is 70.8 Å². The molecule has 0 radical (unpaired) electrons. The molecule has 0 saturated carbocycles. The molecule has 3 atom stereocenters. The van der Waals surface area contributed by atoms with E-state index in [1.165, 1.54) is 18.4 Å². The topological polar surface area (TPSA) is 0 Å². The van der Waals surface area contributed by atoms with Gasteiger partial charge in [-0.25, -0.2) is 0 Å². The zero-order valence-corrected chi connectivity index (χ0v) is 17.4. The average Bonchev–Trinajstić information content (AvgIpc) is 3.17. The molecule has 3 aliphatic carbocycles. The molecule has 0 nitrogen and oxygen atoms in total. The fraction of sp³-hybridized carbons (Fsp3) is 0.538. The minimum absolute atomic E-state index is 0.136. The van der Waals surface area contributed by atoms with Crippen LogP contribution in [0.2, 0.25) is 0 Å². The average molecular weight is 347 g/mol. The Morgan fingerprint density at radius 2 is 1.65 bits per heavy atom. The lowest BCUT2D eigenvalue weighted by atomic mass is 9.54. The Bertz CT molecular complexity index is 800. The van der Waals surface area contributed by atoms with Gasteiger partial charge in [-0.15, -0.1) is 0 Å². The second-order valence-electron chi connectivity index (χ2n) is 10.1. The van der Waals surface area contributed by atoms with Crippen LogP contribution in [0, 0.1) is 22.7 Å². The maximum atomic E-state index is 2.53. The molecular weight excluding hydrogens is 312 g/mol. The molecule has 0 heterocycles. The van der Waals surface area contributed by atoms with E-state index in [0.29, 0.717) is 11.8 Å². The summed E-state index contributed by atoms with van der Waals surface area (Å²) in [5.41, 5.74) is 7.22. The van der Waals surface area contributed by atoms with Gasteiger partial charge >= 0.3 is 0 Å². The maximum Gasteiger partial charge on any atom is 0.0167 e. The summed E-state index contributed by atoms with van der Waals surface area (Å²) in [5.74, 6) is 1.27. The van der Waals surface area contributed by atoms with Crippen molar-refractivity contribution >= 4 is 0 Å². The number of rotatable bonds is 2. The Kier molecular flexibility index (Phi) is 3.92. The smallest absolute Gasteiger partial charge is 0.0167 e. The maximum absolute atomic E-state index is 2.53. The molecule has 0 aliphatic heterocycles. The van der Waals surface area contributed by atoms with Gasteiger partial charge in [0.05, 0.1) is 0 Å². The van der Waals surface area contributed by atoms with Gasteiger partial charge in [-0.2, -0.15) is 0 Å². The quantitative estimate of drug-likeness (QED) is 0.495. The summed E-state index contributed by atoms with van der Waals surface area (Å²) >= 11 is 0. The predicted molar refractivity (Wildman–Crippen MR) is 112 cm³/mol. The summed E-state index contributed by atoms with van der Waals surface area (Å²) in [6.45, 7) is 15.1. The van der Waals surface area contributed by atoms with Crippen LogP contribution < -0.4 is 0 Å². The molecule has 1 aromatic rings. The van der Waals surface area contributed by atoms with E-state index in [-0.39, 0.29) is 16.2 Å². The molecule has 4 rings (SSSR count). The fourth-order valence-corrected chi connectivity index (χ4v) is 6.40. The molecule has 0 aromatic heterocycles. The third kappa shape index (κ3) is 2.14. The Morgan fingerprint density at radius 3 is 2.27 bits per heavy atom. The highest BCUT2D eigenvalue weighted by Crippen LogP contribution is 2.69. The third-order valence-corrected chi connectivity index (χ3v) is 8.52. The van der Waals surface area contributed by atoms with Crippen LogP contribution in [0.3, 0.4) is 0 Å². The van der Waals surface area contributed by atoms with E-state index in [2.05, 4.69) is 90.1 Å². The van der Waals surface area contributed by atoms with Gasteiger partial charge in [0.1, 0.15) is 0 Å². The largest absolute Gasteiger partial charge is 0.0804 e. The first-order valence-electron chi connectivity index (χ1n) is 10.4. The molecule has 0 saturated heterocycles. The minimum Gasteiger partial charge on any atom is -0.0804 e. The van der Waals surface area contributed by atoms with Crippen LogP contribution in [0.25, 0.3) is 0 Å². The fourth-order valence-electron chi connectivity index (χ4n) is 6.40. The van der Waals surface area contributed by atoms with Crippen LogP contribution in [-0.4, -0.2) is 0 Å². The van der Waals surface area contributed by atoms with Gasteiger partial charge in [-0.1, -0.05) is 107 Å². The zero-order chi connectivity index (χ0) is 18.7. The van der Waals surface area contributed by atoms with Gasteiger partial charge in [0.2, 0.25) is 0 Å². The lowest BCUT2D eigenvalue weighted by Crippen LogP contribution is -2.43. The van der Waals surface area contributed by atoms with Gasteiger partial charge < -0.3 is 0 Å². The highest BCUT2D eigenvalue weighted by atomic mass is 14.6. The molecule has 0 amide bonds. The normalized spacial score (nSPS) is 34.8. The standard InChI is InChI=1S/C26H34/c1-18-16-17-21-22(19-12-10-11-13-19)24(2,3)25(4,5)23(21)26(18,6)20-14-8-7-9-15-20/h7-12,14-15,18,22H,13,16-17H2,1-6H3. The molecule has 0 fully saturated rings. The zero-order valence-electron chi connectivity index (χ0n) is 17.4. The van der Waals surface area contributed by atoms with Crippen molar-refractivity contribution in [1.82, 2.24) is 0 Å². The van der Waals surface area contributed by atoms with Crippen molar-refractivity contribution in [3.63, 3.8) is 0 Å². The monoisotopic (exact) mass is 346 g/mol. The van der Waals surface area contributed by atoms with Crippen LogP contribution in [0.5, 0.6) is 0 Å². The molecule has 0 heteroatoms. The van der Waals surface area contributed by atoms with Crippen molar-refractivity contribution in [2.75, 3.05) is 0 Å². The van der Waals surface area contributed by atoms with Crippen LogP contribution >= 0.6 is 0 Å². The van der Waals surface area contributed by atoms with Gasteiger partial charge in [-0.3, -0.25) is 0 Å². The van der Waals surface area contributed by atoms with E-state index >= 15 is 0 Å². The molecule has 138 valence electrons. The Hall–Kier alpha value is -1.56. The lowest BCUT2D eigenvalue weighted by Gasteiger charge is -2.49. The third-order valence-electron chi connectivity index (χ3n) is 8.52. The van der Waals surface area contributed by atoms with Crippen molar-refractivity contribution in [2.24, 2.45) is 22.7 Å². The highest BCUT2D eigenvalue weighted by Gasteiger charge is 2.60. The predicted octanol–water partition coefficient (Wildman–Crippen LogP) is 7.24. The molecule has 26 heavy (non-hydrogen) atoms. The van der Waals surface area contributed by atoms with E-state index < -0.39 is 0 Å². The molecule has 1 aromatic carbocycles. The summed E-state index contributed by atoms with van der Waals surface area (Å²) in [4.78, 5) is 0. The van der Waals surface area contributed by atoms with E-state index in [4.69, 9.17) is 0 Å². The summed E-state index contributed by atoms with van der Waals surface area (Å²) in [6, 6.07) is 11.3. The first-order valence-corrected chi connectivity index (χ1v) is 10.4. The van der Waals surface area contributed by atoms with E-state index in [1.54, 1.807) is 16.7 Å². The summed E-state index contributed by atoms with van der Waals surface area (Å²) in [5, 5.41) is 0. The van der Waals surface area contributed by atoms with Gasteiger partial charge in [0, 0.05) is 11.3 Å². The molecular formula is C26H34. The van der Waals surface area contributed by atoms with Gasteiger partial charge in [-0.05, 0) is 41.6 Å². The minimum atomic E-state index is 0.136. The van der Waals surface area contributed by atoms with E-state index in [1.807, 2.05) is 0 Å². The van der Waals surface area contributed by atoms with Crippen LogP contribution in [0.1, 0.15) is 66.4 Å². The van der Waals surface area contributed by atoms with Crippen LogP contribution in [0.4, 0.5) is 0 Å². The number of benzene rings is 1. The number of hydrogen-bond donors (Lipinski definition) is 0. The van der Waals surface area contributed by atoms with Crippen LogP contribution in [0.15, 0.2) is 65.3 Å². The van der Waals surface area contributed by atoms with E-state index in [0.717, 1.165) is 6.42 Å². The number of allylic oxidation sites excluding steroid dienone is 6. The summed E-state index contributed by atoms with van der Waals surface area (Å²) in [7, 11) is 0. The molecule has 3 aliphatic rings. The first kappa shape index (κ1) is 17.8. The highest BCUT2D eigenvalue weighted by molar-refractivity contribution is 5.52. The summed E-state index contributed by atoms with van der Waals surface area (Å²) in [6.07, 6.45) is 10.7.